The van der Waals surface area contributed by atoms with Crippen LogP contribution in [0.2, 0.25) is 0 Å². The molecule has 0 saturated carbocycles. The zero-order valence-corrected chi connectivity index (χ0v) is 21.8. The molecule has 0 aliphatic heterocycles. The number of carbonyl (C=O) groups excluding carboxylic acids is 1. The first-order chi connectivity index (χ1) is 15.3. The molecular formula is C29H46N2O. The van der Waals surface area contributed by atoms with Crippen molar-refractivity contribution in [3.05, 3.63) is 72.1 Å². The van der Waals surface area contributed by atoms with E-state index in [1.807, 2.05) is 39.8 Å². The molecule has 1 atom stereocenters. The molecule has 0 radical (unpaired) electrons. The zero-order valence-electron chi connectivity index (χ0n) is 21.8. The lowest BCUT2D eigenvalue weighted by Gasteiger charge is -2.34. The molecule has 0 saturated heterocycles. The lowest BCUT2D eigenvalue weighted by molar-refractivity contribution is -0.106. The Kier molecular flexibility index (Phi) is 13.3. The standard InChI is InChI=1S/C24H31N.2C2H6.CH3NO/c1-7-9-18(8-2)23-16-19-15-20(24(4,5)6)11-13-22(19)25(23)21-12-10-17(3)14-21;2*1-2;2-1-3/h7-10,12,16,20H,1-2,11,13-15H2,3-6H3;2*1-2H3;1H,(H2,2,3)/b18-9+;;;. The van der Waals surface area contributed by atoms with Crippen LogP contribution in [0.4, 0.5) is 0 Å². The van der Waals surface area contributed by atoms with Crippen molar-refractivity contribution < 1.29 is 4.79 Å². The fraction of sp³-hybridized carbons (Fsp3) is 0.483. The predicted molar refractivity (Wildman–Crippen MR) is 143 cm³/mol. The minimum absolute atomic E-state index is 0.250. The molecule has 32 heavy (non-hydrogen) atoms. The molecule has 0 bridgehead atoms. The highest BCUT2D eigenvalue weighted by Gasteiger charge is 2.32. The number of amides is 1. The van der Waals surface area contributed by atoms with Gasteiger partial charge in [0.1, 0.15) is 0 Å². The fourth-order valence-electron chi connectivity index (χ4n) is 4.19. The van der Waals surface area contributed by atoms with Gasteiger partial charge >= 0.3 is 0 Å². The summed E-state index contributed by atoms with van der Waals surface area (Å²) < 4.78 is 2.50. The van der Waals surface area contributed by atoms with Gasteiger partial charge in [0, 0.05) is 17.8 Å². The highest BCUT2D eigenvalue weighted by molar-refractivity contribution is 5.77. The SMILES string of the molecule is C=C/C=C(\C=C)c1cc2c(n1C1=CC=C(C)C1)CCC(C(C)(C)C)C2.CC.CC.NC=O. The molecular weight excluding hydrogens is 392 g/mol. The van der Waals surface area contributed by atoms with E-state index in [9.17, 15) is 0 Å². The molecule has 2 N–H and O–H groups in total. The van der Waals surface area contributed by atoms with Crippen molar-refractivity contribution in [2.45, 2.75) is 81.1 Å². The molecule has 1 amide bonds. The first kappa shape index (κ1) is 29.5. The van der Waals surface area contributed by atoms with Gasteiger partial charge in [-0.1, -0.05) is 91.5 Å². The zero-order chi connectivity index (χ0) is 24.9. The molecule has 3 heteroatoms. The Balaban J connectivity index is 0.00000124. The van der Waals surface area contributed by atoms with E-state index in [1.165, 1.54) is 41.1 Å². The summed E-state index contributed by atoms with van der Waals surface area (Å²) in [6, 6.07) is 2.40. The van der Waals surface area contributed by atoms with E-state index in [4.69, 9.17) is 4.79 Å². The van der Waals surface area contributed by atoms with Gasteiger partial charge in [-0.25, -0.2) is 0 Å². The monoisotopic (exact) mass is 438 g/mol. The Morgan fingerprint density at radius 3 is 2.19 bits per heavy atom. The van der Waals surface area contributed by atoms with E-state index in [0.29, 0.717) is 5.41 Å². The van der Waals surface area contributed by atoms with Crippen molar-refractivity contribution in [2.24, 2.45) is 17.1 Å². The quantitative estimate of drug-likeness (QED) is 0.379. The fourth-order valence-corrected chi connectivity index (χ4v) is 4.19. The Bertz CT molecular complexity index is 841. The summed E-state index contributed by atoms with van der Waals surface area (Å²) in [5.41, 5.74) is 12.8. The number of nitrogens with two attached hydrogens (primary N) is 1. The van der Waals surface area contributed by atoms with Gasteiger partial charge in [0.25, 0.3) is 0 Å². The highest BCUT2D eigenvalue weighted by atomic mass is 16.1. The second-order valence-corrected chi connectivity index (χ2v) is 8.69. The number of primary amides is 1. The average Bonchev–Trinajstić information content (AvgIpc) is 3.37. The van der Waals surface area contributed by atoms with Crippen molar-refractivity contribution >= 4 is 17.7 Å². The second kappa shape index (κ2) is 14.5. The number of rotatable bonds is 4. The number of nitrogens with zero attached hydrogens (tertiary/aromatic N) is 1. The molecule has 2 aliphatic rings. The first-order valence-electron chi connectivity index (χ1n) is 12.0. The maximum Gasteiger partial charge on any atom is 0.204 e. The van der Waals surface area contributed by atoms with E-state index in [0.717, 1.165) is 24.3 Å². The molecule has 0 aromatic carbocycles. The minimum atomic E-state index is 0.250. The third-order valence-electron chi connectivity index (χ3n) is 5.73. The maximum atomic E-state index is 8.58. The van der Waals surface area contributed by atoms with Crippen LogP contribution >= 0.6 is 0 Å². The third-order valence-corrected chi connectivity index (χ3v) is 5.73. The van der Waals surface area contributed by atoms with Crippen molar-refractivity contribution in [2.75, 3.05) is 0 Å². The number of aromatic nitrogens is 1. The van der Waals surface area contributed by atoms with Gasteiger partial charge in [-0.15, -0.1) is 0 Å². The van der Waals surface area contributed by atoms with E-state index in [-0.39, 0.29) is 6.41 Å². The summed E-state index contributed by atoms with van der Waals surface area (Å²) in [5, 5.41) is 0. The molecule has 1 heterocycles. The Hall–Kier alpha value is -2.55. The summed E-state index contributed by atoms with van der Waals surface area (Å²) in [6.07, 6.45) is 15.3. The van der Waals surface area contributed by atoms with Crippen molar-refractivity contribution in [3.8, 4) is 0 Å². The number of fused-ring (bicyclic) bond motifs is 1. The van der Waals surface area contributed by atoms with E-state index in [1.54, 1.807) is 0 Å². The molecule has 3 nitrogen and oxygen atoms in total. The average molecular weight is 439 g/mol. The molecule has 3 rings (SSSR count). The topological polar surface area (TPSA) is 48.0 Å². The second-order valence-electron chi connectivity index (χ2n) is 8.69. The van der Waals surface area contributed by atoms with Crippen molar-refractivity contribution in [1.29, 1.82) is 0 Å². The van der Waals surface area contributed by atoms with Gasteiger partial charge in [-0.3, -0.25) is 4.79 Å². The Morgan fingerprint density at radius 1 is 1.16 bits per heavy atom. The number of hydrogen-bond acceptors (Lipinski definition) is 1. The van der Waals surface area contributed by atoms with Crippen LogP contribution in [0.3, 0.4) is 0 Å². The smallest absolute Gasteiger partial charge is 0.204 e. The summed E-state index contributed by atoms with van der Waals surface area (Å²) >= 11 is 0. The summed E-state index contributed by atoms with van der Waals surface area (Å²) in [7, 11) is 0. The summed E-state index contributed by atoms with van der Waals surface area (Å²) in [5.74, 6) is 0.747. The Labute approximate surface area is 197 Å². The van der Waals surface area contributed by atoms with Gasteiger partial charge in [0.05, 0.1) is 5.69 Å². The largest absolute Gasteiger partial charge is 0.372 e. The minimum Gasteiger partial charge on any atom is -0.372 e. The number of carbonyl (C=O) groups is 1. The molecule has 178 valence electrons. The normalized spacial score (nSPS) is 17.0. The van der Waals surface area contributed by atoms with Crippen LogP contribution in [-0.4, -0.2) is 11.0 Å². The van der Waals surface area contributed by atoms with Crippen molar-refractivity contribution in [1.82, 2.24) is 4.57 Å². The van der Waals surface area contributed by atoms with Gasteiger partial charge in [0.15, 0.2) is 0 Å². The molecule has 0 spiro atoms. The van der Waals surface area contributed by atoms with Crippen LogP contribution in [0.25, 0.3) is 11.3 Å². The van der Waals surface area contributed by atoms with Crippen LogP contribution in [0.5, 0.6) is 0 Å². The lowest BCUT2D eigenvalue weighted by Crippen LogP contribution is -2.27. The number of allylic oxidation sites excluding steroid dienone is 8. The first-order valence-corrected chi connectivity index (χ1v) is 12.0. The lowest BCUT2D eigenvalue weighted by atomic mass is 9.72. The molecule has 1 aromatic rings. The maximum absolute atomic E-state index is 8.58. The van der Waals surface area contributed by atoms with Crippen LogP contribution in [0.15, 0.2) is 55.2 Å². The van der Waals surface area contributed by atoms with Gasteiger partial charge in [-0.05, 0) is 60.8 Å². The highest BCUT2D eigenvalue weighted by Crippen LogP contribution is 2.41. The van der Waals surface area contributed by atoms with Gasteiger partial charge in [0.2, 0.25) is 6.41 Å². The van der Waals surface area contributed by atoms with Gasteiger partial charge in [-0.2, -0.15) is 0 Å². The summed E-state index contributed by atoms with van der Waals surface area (Å²) in [4.78, 5) is 8.58. The number of hydrogen-bond donors (Lipinski definition) is 1. The Morgan fingerprint density at radius 2 is 1.75 bits per heavy atom. The van der Waals surface area contributed by atoms with Crippen molar-refractivity contribution in [3.63, 3.8) is 0 Å². The van der Waals surface area contributed by atoms with Crippen LogP contribution in [-0.2, 0) is 17.6 Å². The summed E-state index contributed by atoms with van der Waals surface area (Å²) in [6.45, 7) is 25.3. The van der Waals surface area contributed by atoms with E-state index in [2.05, 4.69) is 75.4 Å². The third kappa shape index (κ3) is 7.55. The van der Waals surface area contributed by atoms with Gasteiger partial charge < -0.3 is 10.3 Å². The predicted octanol–water partition coefficient (Wildman–Crippen LogP) is 7.74. The van der Waals surface area contributed by atoms with E-state index < -0.39 is 0 Å². The van der Waals surface area contributed by atoms with Crippen LogP contribution in [0, 0.1) is 11.3 Å². The van der Waals surface area contributed by atoms with Crippen LogP contribution in [0.1, 0.15) is 85.2 Å². The van der Waals surface area contributed by atoms with Crippen LogP contribution < -0.4 is 5.73 Å². The molecule has 2 aliphatic carbocycles. The molecule has 1 unspecified atom stereocenters. The molecule has 1 aromatic heterocycles. The van der Waals surface area contributed by atoms with E-state index >= 15 is 0 Å². The molecule has 0 fully saturated rings.